The summed E-state index contributed by atoms with van der Waals surface area (Å²) >= 11 is 0. The van der Waals surface area contributed by atoms with Crippen LogP contribution in [0.5, 0.6) is 0 Å². The van der Waals surface area contributed by atoms with Gasteiger partial charge in [-0.1, -0.05) is 0 Å². The summed E-state index contributed by atoms with van der Waals surface area (Å²) in [7, 11) is 0. The van der Waals surface area contributed by atoms with E-state index >= 15 is 0 Å². The van der Waals surface area contributed by atoms with Crippen molar-refractivity contribution in [2.75, 3.05) is 50.7 Å². The Labute approximate surface area is 149 Å². The molecule has 138 valence electrons. The third-order valence-corrected chi connectivity index (χ3v) is 4.51. The smallest absolute Gasteiger partial charge is 0.224 e. The third kappa shape index (κ3) is 5.34. The van der Waals surface area contributed by atoms with E-state index in [9.17, 15) is 9.18 Å². The molecular formula is C18H28FN5O. The molecule has 0 aromatic heterocycles. The summed E-state index contributed by atoms with van der Waals surface area (Å²) in [5.74, 6) is 0.371. The monoisotopic (exact) mass is 349 g/mol. The van der Waals surface area contributed by atoms with Crippen molar-refractivity contribution in [2.24, 2.45) is 10.7 Å². The number of benzene rings is 1. The first-order valence-corrected chi connectivity index (χ1v) is 8.88. The van der Waals surface area contributed by atoms with Crippen molar-refractivity contribution in [3.8, 4) is 0 Å². The maximum Gasteiger partial charge on any atom is 0.224 e. The molecule has 0 atom stereocenters. The third-order valence-electron chi connectivity index (χ3n) is 4.51. The minimum Gasteiger partial charge on any atom is -0.370 e. The van der Waals surface area contributed by atoms with Gasteiger partial charge in [-0.05, 0) is 38.1 Å². The van der Waals surface area contributed by atoms with Gasteiger partial charge in [0.25, 0.3) is 0 Å². The lowest BCUT2D eigenvalue weighted by Gasteiger charge is -2.36. The van der Waals surface area contributed by atoms with Gasteiger partial charge >= 0.3 is 0 Å². The lowest BCUT2D eigenvalue weighted by molar-refractivity contribution is -0.131. The molecule has 0 radical (unpaired) electrons. The number of piperazine rings is 1. The number of nitrogens with zero attached hydrogens (tertiary/aromatic N) is 4. The summed E-state index contributed by atoms with van der Waals surface area (Å²) in [6.45, 7) is 8.94. The quantitative estimate of drug-likeness (QED) is 0.625. The molecule has 0 saturated carbocycles. The Kier molecular flexibility index (Phi) is 7.03. The summed E-state index contributed by atoms with van der Waals surface area (Å²) in [5, 5.41) is 0. The van der Waals surface area contributed by atoms with Crippen LogP contribution < -0.4 is 10.6 Å². The van der Waals surface area contributed by atoms with Crippen molar-refractivity contribution in [2.45, 2.75) is 20.3 Å². The van der Waals surface area contributed by atoms with Gasteiger partial charge < -0.3 is 20.4 Å². The second-order valence-electron chi connectivity index (χ2n) is 6.01. The number of carbonyl (C=O) groups excluding carboxylic acids is 1. The number of hydrogen-bond acceptors (Lipinski definition) is 3. The number of anilines is 1. The molecule has 1 aromatic carbocycles. The van der Waals surface area contributed by atoms with Crippen LogP contribution in [0.25, 0.3) is 0 Å². The van der Waals surface area contributed by atoms with Gasteiger partial charge in [-0.25, -0.2) is 4.39 Å². The summed E-state index contributed by atoms with van der Waals surface area (Å²) in [6, 6.07) is 6.48. The number of guanidine groups is 1. The molecule has 7 heteroatoms. The maximum atomic E-state index is 13.0. The Morgan fingerprint density at radius 1 is 1.16 bits per heavy atom. The number of hydrogen-bond donors (Lipinski definition) is 1. The average molecular weight is 349 g/mol. The summed E-state index contributed by atoms with van der Waals surface area (Å²) in [6.07, 6.45) is 0.374. The molecule has 1 aromatic rings. The van der Waals surface area contributed by atoms with Gasteiger partial charge in [0.05, 0.1) is 6.54 Å². The molecule has 1 saturated heterocycles. The minimum absolute atomic E-state index is 0.106. The van der Waals surface area contributed by atoms with E-state index in [4.69, 9.17) is 5.73 Å². The molecule has 1 fully saturated rings. The molecule has 1 aliphatic rings. The second-order valence-corrected chi connectivity index (χ2v) is 6.01. The van der Waals surface area contributed by atoms with Gasteiger partial charge in [0, 0.05) is 51.4 Å². The number of halogens is 1. The Morgan fingerprint density at radius 2 is 1.76 bits per heavy atom. The highest BCUT2D eigenvalue weighted by Gasteiger charge is 2.21. The largest absolute Gasteiger partial charge is 0.370 e. The zero-order chi connectivity index (χ0) is 18.2. The molecule has 25 heavy (non-hydrogen) atoms. The zero-order valence-corrected chi connectivity index (χ0v) is 15.1. The predicted octanol–water partition coefficient (Wildman–Crippen LogP) is 1.52. The first kappa shape index (κ1) is 19.0. The molecule has 0 bridgehead atoms. The van der Waals surface area contributed by atoms with Gasteiger partial charge in [0.2, 0.25) is 5.91 Å². The number of aliphatic imine (C=N–C) groups is 1. The van der Waals surface area contributed by atoms with Gasteiger partial charge in [-0.2, -0.15) is 0 Å². The van der Waals surface area contributed by atoms with Crippen LogP contribution in [0.1, 0.15) is 20.3 Å². The number of carbonyl (C=O) groups is 1. The first-order chi connectivity index (χ1) is 12.0. The van der Waals surface area contributed by atoms with Crippen molar-refractivity contribution in [3.05, 3.63) is 30.1 Å². The molecule has 6 nitrogen and oxygen atoms in total. The van der Waals surface area contributed by atoms with E-state index in [-0.39, 0.29) is 11.7 Å². The molecule has 0 spiro atoms. The number of rotatable bonds is 6. The van der Waals surface area contributed by atoms with E-state index in [1.165, 1.54) is 12.1 Å². The highest BCUT2D eigenvalue weighted by Crippen LogP contribution is 2.17. The fraction of sp³-hybridized carbons (Fsp3) is 0.556. The minimum atomic E-state index is -0.234. The fourth-order valence-corrected chi connectivity index (χ4v) is 2.94. The predicted molar refractivity (Wildman–Crippen MR) is 99.2 cm³/mol. The van der Waals surface area contributed by atoms with Crippen molar-refractivity contribution in [1.29, 1.82) is 0 Å². The van der Waals surface area contributed by atoms with Crippen molar-refractivity contribution < 1.29 is 9.18 Å². The molecule has 0 unspecified atom stereocenters. The van der Waals surface area contributed by atoms with E-state index in [0.29, 0.717) is 32.0 Å². The van der Waals surface area contributed by atoms with Crippen LogP contribution >= 0.6 is 0 Å². The van der Waals surface area contributed by atoms with Gasteiger partial charge in [-0.15, -0.1) is 0 Å². The van der Waals surface area contributed by atoms with Crippen LogP contribution in [0.4, 0.5) is 10.1 Å². The first-order valence-electron chi connectivity index (χ1n) is 8.88. The average Bonchev–Trinajstić information content (AvgIpc) is 2.63. The van der Waals surface area contributed by atoms with Crippen molar-refractivity contribution >= 4 is 17.6 Å². The van der Waals surface area contributed by atoms with E-state index in [2.05, 4.69) is 9.89 Å². The Balaban J connectivity index is 1.77. The molecule has 0 aliphatic carbocycles. The Bertz CT molecular complexity index is 578. The lowest BCUT2D eigenvalue weighted by Crippen LogP contribution is -2.49. The van der Waals surface area contributed by atoms with Crippen LogP contribution in [-0.2, 0) is 4.79 Å². The molecule has 1 amide bonds. The lowest BCUT2D eigenvalue weighted by atomic mass is 10.2. The van der Waals surface area contributed by atoms with Gasteiger partial charge in [-0.3, -0.25) is 9.79 Å². The van der Waals surface area contributed by atoms with Crippen LogP contribution in [0, 0.1) is 5.82 Å². The van der Waals surface area contributed by atoms with Crippen LogP contribution in [-0.4, -0.2) is 67.5 Å². The van der Waals surface area contributed by atoms with Crippen molar-refractivity contribution in [1.82, 2.24) is 9.80 Å². The van der Waals surface area contributed by atoms with E-state index in [1.807, 2.05) is 23.6 Å². The van der Waals surface area contributed by atoms with Crippen LogP contribution in [0.15, 0.2) is 29.3 Å². The highest BCUT2D eigenvalue weighted by atomic mass is 19.1. The zero-order valence-electron chi connectivity index (χ0n) is 15.1. The molecule has 2 rings (SSSR count). The molecular weight excluding hydrogens is 321 g/mol. The SMILES string of the molecule is CCN(CC)C(N)=NCCC(=O)N1CCN(c2ccc(F)cc2)CC1. The van der Waals surface area contributed by atoms with Crippen molar-refractivity contribution in [3.63, 3.8) is 0 Å². The summed E-state index contributed by atoms with van der Waals surface area (Å²) < 4.78 is 13.0. The van der Waals surface area contributed by atoms with Crippen LogP contribution in [0.2, 0.25) is 0 Å². The van der Waals surface area contributed by atoms with E-state index in [1.54, 1.807) is 12.1 Å². The van der Waals surface area contributed by atoms with Crippen LogP contribution in [0.3, 0.4) is 0 Å². The van der Waals surface area contributed by atoms with E-state index in [0.717, 1.165) is 31.9 Å². The second kappa shape index (κ2) is 9.25. The van der Waals surface area contributed by atoms with Gasteiger partial charge in [0.1, 0.15) is 5.82 Å². The molecule has 1 heterocycles. The summed E-state index contributed by atoms with van der Waals surface area (Å²) in [4.78, 5) is 22.6. The van der Waals surface area contributed by atoms with Gasteiger partial charge in [0.15, 0.2) is 5.96 Å². The Morgan fingerprint density at radius 3 is 2.32 bits per heavy atom. The number of amides is 1. The summed E-state index contributed by atoms with van der Waals surface area (Å²) in [5.41, 5.74) is 6.91. The van der Waals surface area contributed by atoms with E-state index < -0.39 is 0 Å². The standard InChI is InChI=1S/C18H28FN5O/c1-3-22(4-2)18(20)21-10-9-17(25)24-13-11-23(12-14-24)16-7-5-15(19)6-8-16/h5-8H,3-4,9-14H2,1-2H3,(H2,20,21). The topological polar surface area (TPSA) is 65.2 Å². The molecule has 2 N–H and O–H groups in total. The Hall–Kier alpha value is -2.31. The number of nitrogens with two attached hydrogens (primary N) is 1. The maximum absolute atomic E-state index is 13.0. The highest BCUT2D eigenvalue weighted by molar-refractivity contribution is 5.79. The fourth-order valence-electron chi connectivity index (χ4n) is 2.94. The normalized spacial score (nSPS) is 15.4. The molecule has 1 aliphatic heterocycles.